The zero-order valence-corrected chi connectivity index (χ0v) is 10.8. The number of rotatable bonds is 3. The topological polar surface area (TPSA) is 69.9 Å². The maximum atomic E-state index is 11.7. The van der Waals surface area contributed by atoms with Crippen LogP contribution in [0.4, 0.5) is 0 Å². The fourth-order valence-electron chi connectivity index (χ4n) is 1.31. The average molecular weight is 287 g/mol. The van der Waals surface area contributed by atoms with Crippen molar-refractivity contribution < 1.29 is 9.53 Å². The molecule has 2 aromatic heterocycles. The number of aromatic nitrogens is 4. The molecule has 0 radical (unpaired) electrons. The van der Waals surface area contributed by atoms with Gasteiger partial charge < -0.3 is 4.74 Å². The van der Waals surface area contributed by atoms with Gasteiger partial charge in [0.2, 0.25) is 0 Å². The number of ether oxygens (including phenoxy) is 1. The highest BCUT2D eigenvalue weighted by molar-refractivity contribution is 6.30. The summed E-state index contributed by atoms with van der Waals surface area (Å²) < 4.78 is 6.13. The van der Waals surface area contributed by atoms with Crippen LogP contribution in [-0.4, -0.2) is 32.3 Å². The number of hydrogen-bond acceptors (Lipinski definition) is 5. The summed E-state index contributed by atoms with van der Waals surface area (Å²) in [5.41, 5.74) is 0.165. The van der Waals surface area contributed by atoms with Gasteiger partial charge in [-0.1, -0.05) is 23.2 Å². The summed E-state index contributed by atoms with van der Waals surface area (Å²) in [5.74, 6) is -0.254. The Bertz CT molecular complexity index is 585. The standard InChI is InChI=1S/C10H8Cl2N4O2/c1-2-18-10(17)6-3-7(11)15-16(6)9-5-13-4-8(12)14-9/h3-5H,2H2,1H3. The molecule has 0 aliphatic carbocycles. The second-order valence-corrected chi connectivity index (χ2v) is 3.96. The zero-order chi connectivity index (χ0) is 13.1. The van der Waals surface area contributed by atoms with Gasteiger partial charge in [-0.2, -0.15) is 5.10 Å². The normalized spacial score (nSPS) is 10.4. The highest BCUT2D eigenvalue weighted by Gasteiger charge is 2.18. The van der Waals surface area contributed by atoms with Gasteiger partial charge >= 0.3 is 5.97 Å². The summed E-state index contributed by atoms with van der Waals surface area (Å²) in [6, 6.07) is 1.39. The Morgan fingerprint density at radius 3 is 2.83 bits per heavy atom. The van der Waals surface area contributed by atoms with Gasteiger partial charge in [-0.25, -0.2) is 14.5 Å². The second-order valence-electron chi connectivity index (χ2n) is 3.18. The maximum absolute atomic E-state index is 11.7. The minimum atomic E-state index is -0.543. The molecule has 2 aromatic rings. The fraction of sp³-hybridized carbons (Fsp3) is 0.200. The van der Waals surface area contributed by atoms with Gasteiger partial charge in [0.15, 0.2) is 16.7 Å². The molecule has 0 aromatic carbocycles. The minimum Gasteiger partial charge on any atom is -0.461 e. The van der Waals surface area contributed by atoms with E-state index in [2.05, 4.69) is 15.1 Å². The summed E-state index contributed by atoms with van der Waals surface area (Å²) in [7, 11) is 0. The van der Waals surface area contributed by atoms with Crippen molar-refractivity contribution in [3.05, 3.63) is 34.5 Å². The summed E-state index contributed by atoms with van der Waals surface area (Å²) in [4.78, 5) is 19.6. The molecule has 0 atom stereocenters. The Morgan fingerprint density at radius 1 is 1.39 bits per heavy atom. The highest BCUT2D eigenvalue weighted by atomic mass is 35.5. The van der Waals surface area contributed by atoms with Crippen LogP contribution in [0.15, 0.2) is 18.5 Å². The number of esters is 1. The van der Waals surface area contributed by atoms with E-state index in [-0.39, 0.29) is 28.4 Å². The molecule has 0 fully saturated rings. The summed E-state index contributed by atoms with van der Waals surface area (Å²) >= 11 is 11.5. The Labute approximate surface area is 113 Å². The van der Waals surface area contributed by atoms with E-state index in [9.17, 15) is 4.79 Å². The molecule has 0 saturated heterocycles. The number of halogens is 2. The van der Waals surface area contributed by atoms with Crippen molar-refractivity contribution in [1.29, 1.82) is 0 Å². The molecule has 0 aliphatic rings. The SMILES string of the molecule is CCOC(=O)c1cc(Cl)nn1-c1cncc(Cl)n1. The monoisotopic (exact) mass is 286 g/mol. The van der Waals surface area contributed by atoms with E-state index >= 15 is 0 Å². The van der Waals surface area contributed by atoms with Crippen LogP contribution >= 0.6 is 23.2 Å². The first kappa shape index (κ1) is 12.8. The lowest BCUT2D eigenvalue weighted by Gasteiger charge is -2.05. The lowest BCUT2D eigenvalue weighted by atomic mass is 10.4. The maximum Gasteiger partial charge on any atom is 0.357 e. The molecule has 0 spiro atoms. The Balaban J connectivity index is 2.47. The van der Waals surface area contributed by atoms with E-state index in [1.165, 1.54) is 23.1 Å². The molecule has 94 valence electrons. The molecule has 8 heteroatoms. The van der Waals surface area contributed by atoms with E-state index in [1.54, 1.807) is 6.92 Å². The molecular formula is C10H8Cl2N4O2. The van der Waals surface area contributed by atoms with Crippen molar-refractivity contribution in [2.75, 3.05) is 6.61 Å². The quantitative estimate of drug-likeness (QED) is 0.809. The van der Waals surface area contributed by atoms with Crippen LogP contribution in [0, 0.1) is 0 Å². The lowest BCUT2D eigenvalue weighted by Crippen LogP contribution is -2.13. The van der Waals surface area contributed by atoms with Crippen LogP contribution in [0.1, 0.15) is 17.4 Å². The average Bonchev–Trinajstić information content (AvgIpc) is 2.72. The largest absolute Gasteiger partial charge is 0.461 e. The molecule has 2 heterocycles. The third-order valence-electron chi connectivity index (χ3n) is 1.97. The van der Waals surface area contributed by atoms with Crippen molar-refractivity contribution in [2.24, 2.45) is 0 Å². The molecule has 0 amide bonds. The van der Waals surface area contributed by atoms with Crippen molar-refractivity contribution in [3.8, 4) is 5.82 Å². The predicted molar refractivity (Wildman–Crippen MR) is 65.1 cm³/mol. The summed E-state index contributed by atoms with van der Waals surface area (Å²) in [6.07, 6.45) is 2.79. The van der Waals surface area contributed by atoms with Gasteiger partial charge in [-0.15, -0.1) is 0 Å². The van der Waals surface area contributed by atoms with Crippen LogP contribution in [-0.2, 0) is 4.74 Å². The van der Waals surface area contributed by atoms with Gasteiger partial charge in [-0.05, 0) is 6.92 Å². The van der Waals surface area contributed by atoms with Crippen molar-refractivity contribution in [2.45, 2.75) is 6.92 Å². The Hall–Kier alpha value is -1.66. The van der Waals surface area contributed by atoms with E-state index in [0.717, 1.165) is 0 Å². The van der Waals surface area contributed by atoms with Gasteiger partial charge in [0, 0.05) is 6.07 Å². The highest BCUT2D eigenvalue weighted by Crippen LogP contribution is 2.16. The van der Waals surface area contributed by atoms with Crippen molar-refractivity contribution >= 4 is 29.2 Å². The molecule has 2 rings (SSSR count). The zero-order valence-electron chi connectivity index (χ0n) is 9.30. The molecule has 0 N–H and O–H groups in total. The fourth-order valence-corrected chi connectivity index (χ4v) is 1.63. The number of carbonyl (C=O) groups is 1. The first-order valence-corrected chi connectivity index (χ1v) is 5.78. The molecule has 0 unspecified atom stereocenters. The molecule has 0 aliphatic heterocycles. The van der Waals surface area contributed by atoms with Gasteiger partial charge in [-0.3, -0.25) is 4.98 Å². The van der Waals surface area contributed by atoms with Crippen molar-refractivity contribution in [3.63, 3.8) is 0 Å². The Kier molecular flexibility index (Phi) is 3.78. The molecule has 0 saturated carbocycles. The van der Waals surface area contributed by atoms with Crippen LogP contribution in [0.3, 0.4) is 0 Å². The van der Waals surface area contributed by atoms with E-state index in [0.29, 0.717) is 0 Å². The van der Waals surface area contributed by atoms with Gasteiger partial charge in [0.05, 0.1) is 19.0 Å². The molecule has 6 nitrogen and oxygen atoms in total. The molecule has 0 bridgehead atoms. The first-order valence-electron chi connectivity index (χ1n) is 5.02. The third kappa shape index (κ3) is 2.60. The lowest BCUT2D eigenvalue weighted by molar-refractivity contribution is 0.0515. The number of hydrogen-bond donors (Lipinski definition) is 0. The predicted octanol–water partition coefficient (Wildman–Crippen LogP) is 2.15. The van der Waals surface area contributed by atoms with E-state index in [4.69, 9.17) is 27.9 Å². The molecule has 18 heavy (non-hydrogen) atoms. The number of carbonyl (C=O) groups excluding carboxylic acids is 1. The number of nitrogens with zero attached hydrogens (tertiary/aromatic N) is 4. The summed E-state index contributed by atoms with van der Waals surface area (Å²) in [6.45, 7) is 1.96. The van der Waals surface area contributed by atoms with Crippen molar-refractivity contribution in [1.82, 2.24) is 19.7 Å². The Morgan fingerprint density at radius 2 is 2.17 bits per heavy atom. The smallest absolute Gasteiger partial charge is 0.357 e. The van der Waals surface area contributed by atoms with Gasteiger partial charge in [0.25, 0.3) is 0 Å². The van der Waals surface area contributed by atoms with Gasteiger partial charge in [0.1, 0.15) is 5.15 Å². The molecular weight excluding hydrogens is 279 g/mol. The van der Waals surface area contributed by atoms with E-state index in [1.807, 2.05) is 0 Å². The first-order chi connectivity index (χ1) is 8.61. The summed E-state index contributed by atoms with van der Waals surface area (Å²) in [5, 5.41) is 4.29. The second kappa shape index (κ2) is 5.32. The van der Waals surface area contributed by atoms with E-state index < -0.39 is 5.97 Å². The minimum absolute atomic E-state index is 0.153. The van der Waals surface area contributed by atoms with Crippen LogP contribution in [0.5, 0.6) is 0 Å². The third-order valence-corrected chi connectivity index (χ3v) is 2.34. The van der Waals surface area contributed by atoms with Crippen LogP contribution in [0.2, 0.25) is 10.3 Å². The van der Waals surface area contributed by atoms with Crippen LogP contribution in [0.25, 0.3) is 5.82 Å². The van der Waals surface area contributed by atoms with Crippen LogP contribution < -0.4 is 0 Å².